The molecule has 4 heteroatoms. The van der Waals surface area contributed by atoms with E-state index in [0.29, 0.717) is 23.4 Å². The third-order valence-electron chi connectivity index (χ3n) is 3.11. The van der Waals surface area contributed by atoms with Gasteiger partial charge in [0, 0.05) is 6.20 Å². The number of aromatic nitrogens is 1. The van der Waals surface area contributed by atoms with E-state index in [0.717, 1.165) is 5.56 Å². The molecule has 1 aliphatic rings. The van der Waals surface area contributed by atoms with Crippen molar-refractivity contribution in [1.29, 1.82) is 0 Å². The molecule has 3 nitrogen and oxygen atoms in total. The molecule has 1 aliphatic carbocycles. The molecule has 1 fully saturated rings. The van der Waals surface area contributed by atoms with Gasteiger partial charge in [0.15, 0.2) is 0 Å². The van der Waals surface area contributed by atoms with Gasteiger partial charge in [0.1, 0.15) is 4.99 Å². The van der Waals surface area contributed by atoms with Crippen LogP contribution in [0.2, 0.25) is 0 Å². The van der Waals surface area contributed by atoms with E-state index in [-0.39, 0.29) is 0 Å². The molecule has 92 valence electrons. The maximum absolute atomic E-state index is 5.89. The largest absolute Gasteiger partial charge is 0.388 e. The van der Waals surface area contributed by atoms with E-state index in [1.165, 1.54) is 32.1 Å². The van der Waals surface area contributed by atoms with Crippen LogP contribution in [0.25, 0.3) is 0 Å². The molecule has 0 bridgehead atoms. The number of nitrogens with two attached hydrogens (primary N) is 1. The van der Waals surface area contributed by atoms with Gasteiger partial charge in [0.05, 0.1) is 18.4 Å². The molecule has 0 amide bonds. The van der Waals surface area contributed by atoms with E-state index >= 15 is 0 Å². The van der Waals surface area contributed by atoms with Crippen LogP contribution < -0.4 is 5.73 Å². The van der Waals surface area contributed by atoms with Crippen LogP contribution in [0.4, 0.5) is 0 Å². The number of nitrogens with zero attached hydrogens (tertiary/aromatic N) is 1. The van der Waals surface area contributed by atoms with Gasteiger partial charge in [0.25, 0.3) is 0 Å². The fraction of sp³-hybridized carbons (Fsp3) is 0.538. The summed E-state index contributed by atoms with van der Waals surface area (Å²) < 4.78 is 5.89. The number of rotatable bonds is 4. The van der Waals surface area contributed by atoms with Crippen LogP contribution in [0.1, 0.15) is 43.4 Å². The lowest BCUT2D eigenvalue weighted by Crippen LogP contribution is -2.17. The Bertz CT molecular complexity index is 389. The van der Waals surface area contributed by atoms with Gasteiger partial charge < -0.3 is 10.5 Å². The molecule has 0 saturated heterocycles. The molecule has 2 rings (SSSR count). The van der Waals surface area contributed by atoms with Crippen LogP contribution in [0.15, 0.2) is 18.3 Å². The molecule has 2 N–H and O–H groups in total. The zero-order valence-electron chi connectivity index (χ0n) is 9.89. The van der Waals surface area contributed by atoms with Gasteiger partial charge in [-0.05, 0) is 30.5 Å². The monoisotopic (exact) mass is 250 g/mol. The molecule has 0 radical (unpaired) electrons. The molecule has 1 aromatic heterocycles. The van der Waals surface area contributed by atoms with E-state index in [4.69, 9.17) is 22.7 Å². The summed E-state index contributed by atoms with van der Waals surface area (Å²) in [6.45, 7) is 0.628. The second-order valence-corrected chi connectivity index (χ2v) is 4.92. The van der Waals surface area contributed by atoms with Crippen LogP contribution in [0.5, 0.6) is 0 Å². The Labute approximate surface area is 107 Å². The lowest BCUT2D eigenvalue weighted by atomic mass is 9.98. The van der Waals surface area contributed by atoms with Gasteiger partial charge in [-0.3, -0.25) is 4.98 Å². The lowest BCUT2D eigenvalue weighted by molar-refractivity contribution is 0.0168. The zero-order chi connectivity index (χ0) is 12.1. The van der Waals surface area contributed by atoms with Crippen LogP contribution >= 0.6 is 12.2 Å². The van der Waals surface area contributed by atoms with Crippen LogP contribution in [0.3, 0.4) is 0 Å². The van der Waals surface area contributed by atoms with Gasteiger partial charge in [-0.2, -0.15) is 0 Å². The zero-order valence-corrected chi connectivity index (χ0v) is 10.7. The maximum Gasteiger partial charge on any atom is 0.122 e. The van der Waals surface area contributed by atoms with Gasteiger partial charge >= 0.3 is 0 Å². The summed E-state index contributed by atoms with van der Waals surface area (Å²) in [6, 6.07) is 3.86. The summed E-state index contributed by atoms with van der Waals surface area (Å²) in [5, 5.41) is 0. The highest BCUT2D eigenvalue weighted by atomic mass is 32.1. The summed E-state index contributed by atoms with van der Waals surface area (Å²) in [5.41, 5.74) is 7.31. The van der Waals surface area contributed by atoms with Crippen molar-refractivity contribution in [3.8, 4) is 0 Å². The summed E-state index contributed by atoms with van der Waals surface area (Å²) in [6.07, 6.45) is 8.46. The van der Waals surface area contributed by atoms with Crippen molar-refractivity contribution < 1.29 is 4.74 Å². The second-order valence-electron chi connectivity index (χ2n) is 4.48. The van der Waals surface area contributed by atoms with Crippen molar-refractivity contribution in [2.24, 2.45) is 5.73 Å². The highest BCUT2D eigenvalue weighted by Gasteiger charge is 2.13. The Hall–Kier alpha value is -1.00. The standard InChI is InChI=1S/C13H18N2OS/c14-13(17)12-8-10(6-7-15-12)9-16-11-4-2-1-3-5-11/h6-8,11H,1-5,9H2,(H2,14,17). The first-order valence-corrected chi connectivity index (χ1v) is 6.53. The summed E-state index contributed by atoms with van der Waals surface area (Å²) in [7, 11) is 0. The van der Waals surface area contributed by atoms with Crippen LogP contribution in [-0.4, -0.2) is 16.1 Å². The van der Waals surface area contributed by atoms with Crippen molar-refractivity contribution in [2.75, 3.05) is 0 Å². The van der Waals surface area contributed by atoms with Crippen molar-refractivity contribution >= 4 is 17.2 Å². The van der Waals surface area contributed by atoms with Crippen molar-refractivity contribution in [3.05, 3.63) is 29.6 Å². The minimum Gasteiger partial charge on any atom is -0.388 e. The van der Waals surface area contributed by atoms with Crippen molar-refractivity contribution in [2.45, 2.75) is 44.8 Å². The predicted octanol–water partition coefficient (Wildman–Crippen LogP) is 2.57. The first kappa shape index (κ1) is 12.5. The van der Waals surface area contributed by atoms with E-state index in [9.17, 15) is 0 Å². The predicted molar refractivity (Wildman–Crippen MR) is 71.8 cm³/mol. The van der Waals surface area contributed by atoms with Crippen molar-refractivity contribution in [1.82, 2.24) is 4.98 Å². The molecule has 0 aromatic carbocycles. The smallest absolute Gasteiger partial charge is 0.122 e. The Morgan fingerprint density at radius 2 is 2.18 bits per heavy atom. The van der Waals surface area contributed by atoms with Crippen molar-refractivity contribution in [3.63, 3.8) is 0 Å². The summed E-state index contributed by atoms with van der Waals surface area (Å²) >= 11 is 4.91. The topological polar surface area (TPSA) is 48.1 Å². The average molecular weight is 250 g/mol. The van der Waals surface area contributed by atoms with E-state index < -0.39 is 0 Å². The normalized spacial score (nSPS) is 16.9. The summed E-state index contributed by atoms with van der Waals surface area (Å²) in [5.74, 6) is 0. The Morgan fingerprint density at radius 1 is 1.41 bits per heavy atom. The lowest BCUT2D eigenvalue weighted by Gasteiger charge is -2.22. The SMILES string of the molecule is NC(=S)c1cc(COC2CCCCC2)ccn1. The minimum atomic E-state index is 0.338. The molecule has 1 heterocycles. The van der Waals surface area contributed by atoms with Crippen LogP contribution in [0, 0.1) is 0 Å². The molecule has 0 atom stereocenters. The second kappa shape index (κ2) is 6.07. The summed E-state index contributed by atoms with van der Waals surface area (Å²) in [4.78, 5) is 4.45. The third kappa shape index (κ3) is 3.75. The van der Waals surface area contributed by atoms with Crippen LogP contribution in [-0.2, 0) is 11.3 Å². The van der Waals surface area contributed by atoms with Gasteiger partial charge in [0.2, 0.25) is 0 Å². The average Bonchev–Trinajstić information content (AvgIpc) is 2.38. The first-order valence-electron chi connectivity index (χ1n) is 6.12. The molecular weight excluding hydrogens is 232 g/mol. The number of hydrogen-bond donors (Lipinski definition) is 1. The Balaban J connectivity index is 1.89. The number of ether oxygens (including phenoxy) is 1. The number of hydrogen-bond acceptors (Lipinski definition) is 3. The molecular formula is C13H18N2OS. The molecule has 0 spiro atoms. The van der Waals surface area contributed by atoms with E-state index in [1.807, 2.05) is 12.1 Å². The molecule has 1 aromatic rings. The fourth-order valence-corrected chi connectivity index (χ4v) is 2.26. The Morgan fingerprint density at radius 3 is 2.88 bits per heavy atom. The van der Waals surface area contributed by atoms with Gasteiger partial charge in [-0.1, -0.05) is 31.5 Å². The Kier molecular flexibility index (Phi) is 4.45. The number of thiocarbonyl (C=S) groups is 1. The highest BCUT2D eigenvalue weighted by molar-refractivity contribution is 7.80. The minimum absolute atomic E-state index is 0.338. The number of pyridine rings is 1. The van der Waals surface area contributed by atoms with E-state index in [1.54, 1.807) is 6.20 Å². The van der Waals surface area contributed by atoms with Gasteiger partial charge in [-0.25, -0.2) is 0 Å². The molecule has 0 unspecified atom stereocenters. The maximum atomic E-state index is 5.89. The molecule has 1 saturated carbocycles. The first-order chi connectivity index (χ1) is 8.25. The van der Waals surface area contributed by atoms with Gasteiger partial charge in [-0.15, -0.1) is 0 Å². The molecule has 0 aliphatic heterocycles. The quantitative estimate of drug-likeness (QED) is 0.834. The third-order valence-corrected chi connectivity index (χ3v) is 3.32. The van der Waals surface area contributed by atoms with E-state index in [2.05, 4.69) is 4.98 Å². The molecule has 17 heavy (non-hydrogen) atoms. The highest BCUT2D eigenvalue weighted by Crippen LogP contribution is 2.21. The fourth-order valence-electron chi connectivity index (χ4n) is 2.14.